The molecular weight excluding hydrogens is 402 g/mol. The van der Waals surface area contributed by atoms with E-state index in [1.165, 1.54) is 17.8 Å². The fourth-order valence-corrected chi connectivity index (χ4v) is 4.10. The van der Waals surface area contributed by atoms with Gasteiger partial charge in [-0.2, -0.15) is 0 Å². The number of nitrogens with zero attached hydrogens (tertiary/aromatic N) is 1. The van der Waals surface area contributed by atoms with Crippen LogP contribution >= 0.6 is 23.4 Å². The number of thioether (sulfide) groups is 1. The van der Waals surface area contributed by atoms with Gasteiger partial charge in [0.2, 0.25) is 0 Å². The lowest BCUT2D eigenvalue weighted by Gasteiger charge is -2.31. The molecule has 0 bridgehead atoms. The summed E-state index contributed by atoms with van der Waals surface area (Å²) in [7, 11) is 0. The van der Waals surface area contributed by atoms with Gasteiger partial charge in [-0.05, 0) is 57.1 Å². The summed E-state index contributed by atoms with van der Waals surface area (Å²) >= 11 is 6.19. The first-order chi connectivity index (χ1) is 12.6. The Hall–Kier alpha value is -0.990. The highest BCUT2D eigenvalue weighted by atomic mass is 35.5. The van der Waals surface area contributed by atoms with Crippen molar-refractivity contribution in [2.75, 3.05) is 6.26 Å². The van der Waals surface area contributed by atoms with Crippen LogP contribution in [0, 0.1) is 5.92 Å². The van der Waals surface area contributed by atoms with Crippen molar-refractivity contribution in [1.82, 2.24) is 14.7 Å². The van der Waals surface area contributed by atoms with Crippen LogP contribution in [0.5, 0.6) is 0 Å². The molecule has 0 aliphatic rings. The van der Waals surface area contributed by atoms with Crippen molar-refractivity contribution in [3.8, 4) is 0 Å². The summed E-state index contributed by atoms with van der Waals surface area (Å²) in [6, 6.07) is 8.89. The third-order valence-electron chi connectivity index (χ3n) is 4.09. The zero-order valence-corrected chi connectivity index (χ0v) is 18.6. The van der Waals surface area contributed by atoms with Crippen molar-refractivity contribution in [3.05, 3.63) is 57.0 Å². The molecule has 1 unspecified atom stereocenters. The average Bonchev–Trinajstić information content (AvgIpc) is 2.58. The minimum Gasteiger partial charge on any atom is -0.598 e. The van der Waals surface area contributed by atoms with E-state index in [-0.39, 0.29) is 17.5 Å². The first-order valence-corrected chi connectivity index (χ1v) is 11.4. The van der Waals surface area contributed by atoms with Crippen LogP contribution in [0.15, 0.2) is 40.3 Å². The fourth-order valence-electron chi connectivity index (χ4n) is 2.61. The number of hydrogen-bond acceptors (Lipinski definition) is 5. The number of aromatic amines is 1. The second-order valence-electron chi connectivity index (χ2n) is 7.46. The third-order valence-corrected chi connectivity index (χ3v) is 6.50. The zero-order chi connectivity index (χ0) is 20.2. The van der Waals surface area contributed by atoms with Gasteiger partial charge in [0.05, 0.1) is 6.04 Å². The summed E-state index contributed by atoms with van der Waals surface area (Å²) in [6.07, 6.45) is 2.45. The minimum absolute atomic E-state index is 0.0569. The Labute approximate surface area is 173 Å². The molecule has 148 valence electrons. The summed E-state index contributed by atoms with van der Waals surface area (Å²) in [5.74, 6) is 0.0569. The Morgan fingerprint density at radius 3 is 2.52 bits per heavy atom. The molecule has 3 atom stereocenters. The van der Waals surface area contributed by atoms with Gasteiger partial charge < -0.3 is 9.54 Å². The normalized spacial score (nSPS) is 15.4. The predicted molar refractivity (Wildman–Crippen MR) is 115 cm³/mol. The van der Waals surface area contributed by atoms with Gasteiger partial charge in [0.1, 0.15) is 4.75 Å². The van der Waals surface area contributed by atoms with Gasteiger partial charge in [-0.1, -0.05) is 42.4 Å². The highest BCUT2D eigenvalue weighted by Gasteiger charge is 2.32. The van der Waals surface area contributed by atoms with E-state index in [0.717, 1.165) is 11.3 Å². The molecule has 8 heteroatoms. The van der Waals surface area contributed by atoms with Crippen molar-refractivity contribution in [3.63, 3.8) is 0 Å². The van der Waals surface area contributed by atoms with Crippen LogP contribution in [0.1, 0.15) is 45.0 Å². The van der Waals surface area contributed by atoms with Crippen molar-refractivity contribution >= 4 is 34.7 Å². The van der Waals surface area contributed by atoms with Crippen molar-refractivity contribution < 1.29 is 4.55 Å². The summed E-state index contributed by atoms with van der Waals surface area (Å²) in [5.41, 5.74) is 1.56. The number of H-pyrrole nitrogens is 1. The minimum atomic E-state index is -1.24. The van der Waals surface area contributed by atoms with Crippen LogP contribution in [0.4, 0.5) is 0 Å². The van der Waals surface area contributed by atoms with E-state index in [1.807, 2.05) is 51.3 Å². The monoisotopic (exact) mass is 427 g/mol. The molecular formula is C19H26ClN3O2S2. The first kappa shape index (κ1) is 22.3. The molecule has 0 saturated heterocycles. The second kappa shape index (κ2) is 9.47. The first-order valence-electron chi connectivity index (χ1n) is 8.68. The smallest absolute Gasteiger partial charge is 0.251 e. The third kappa shape index (κ3) is 6.54. The number of aromatic nitrogens is 2. The molecule has 1 aromatic heterocycles. The van der Waals surface area contributed by atoms with Crippen LogP contribution in [0.25, 0.3) is 0 Å². The van der Waals surface area contributed by atoms with Crippen LogP contribution in [0.3, 0.4) is 0 Å². The maximum atomic E-state index is 12.7. The molecule has 1 aromatic carbocycles. The van der Waals surface area contributed by atoms with Gasteiger partial charge in [-0.25, -0.2) is 4.98 Å². The van der Waals surface area contributed by atoms with E-state index in [4.69, 9.17) is 11.6 Å². The predicted octanol–water partition coefficient (Wildman–Crippen LogP) is 4.12. The van der Waals surface area contributed by atoms with Crippen LogP contribution < -0.4 is 10.3 Å². The van der Waals surface area contributed by atoms with Crippen LogP contribution in [-0.4, -0.2) is 25.5 Å². The Kier molecular flexibility index (Phi) is 7.83. The van der Waals surface area contributed by atoms with E-state index in [2.05, 4.69) is 21.6 Å². The van der Waals surface area contributed by atoms with Gasteiger partial charge in [-0.15, -0.1) is 4.72 Å². The molecule has 0 aliphatic heterocycles. The highest BCUT2D eigenvalue weighted by Crippen LogP contribution is 2.29. The molecule has 0 radical (unpaired) electrons. The lowest BCUT2D eigenvalue weighted by atomic mass is 9.91. The lowest BCUT2D eigenvalue weighted by Crippen LogP contribution is -2.43. The van der Waals surface area contributed by atoms with E-state index in [0.29, 0.717) is 16.6 Å². The Morgan fingerprint density at radius 2 is 1.96 bits per heavy atom. The molecule has 1 heterocycles. The average molecular weight is 428 g/mol. The number of nitrogens with one attached hydrogen (secondary N) is 2. The Morgan fingerprint density at radius 1 is 1.33 bits per heavy atom. The Balaban J connectivity index is 2.30. The maximum Gasteiger partial charge on any atom is 0.251 e. The van der Waals surface area contributed by atoms with E-state index in [9.17, 15) is 9.35 Å². The lowest BCUT2D eigenvalue weighted by molar-refractivity contribution is 0.418. The summed E-state index contributed by atoms with van der Waals surface area (Å²) in [5, 5.41) is 1.25. The molecule has 27 heavy (non-hydrogen) atoms. The van der Waals surface area contributed by atoms with E-state index < -0.39 is 16.1 Å². The van der Waals surface area contributed by atoms with Gasteiger partial charge in [-0.3, -0.25) is 4.79 Å². The SMILES string of the molecule is CSc1nc(C[C@H](C)[C@H](N[S+]([O-])C(C)(C)C)c2ccc(Cl)cc2)cc(=O)[nH]1. The van der Waals surface area contributed by atoms with Crippen molar-refractivity contribution in [1.29, 1.82) is 0 Å². The molecule has 5 nitrogen and oxygen atoms in total. The molecule has 2 rings (SSSR count). The molecule has 2 aromatic rings. The molecule has 0 fully saturated rings. The van der Waals surface area contributed by atoms with Gasteiger partial charge in [0.25, 0.3) is 5.56 Å². The number of rotatable bonds is 7. The van der Waals surface area contributed by atoms with Crippen molar-refractivity contribution in [2.24, 2.45) is 5.92 Å². The van der Waals surface area contributed by atoms with Crippen LogP contribution in [0.2, 0.25) is 5.02 Å². The number of benzene rings is 1. The van der Waals surface area contributed by atoms with Gasteiger partial charge in [0.15, 0.2) is 5.16 Å². The molecule has 0 spiro atoms. The standard InChI is InChI=1S/C19H26ClN3O2S2/c1-12(10-15-11-16(24)22-18(21-15)26-5)17(23-27(25)19(2,3)4)13-6-8-14(20)9-7-13/h6-9,11-12,17,23H,10H2,1-5H3,(H,21,22,24)/t12-,17-,27?/m0/s1. The zero-order valence-electron chi connectivity index (χ0n) is 16.2. The summed E-state index contributed by atoms with van der Waals surface area (Å²) < 4.78 is 15.6. The second-order valence-corrected chi connectivity index (χ2v) is 10.7. The quantitative estimate of drug-likeness (QED) is 0.394. The summed E-state index contributed by atoms with van der Waals surface area (Å²) in [4.78, 5) is 19.1. The fraction of sp³-hybridized carbons (Fsp3) is 0.474. The topological polar surface area (TPSA) is 80.8 Å². The van der Waals surface area contributed by atoms with Crippen molar-refractivity contribution in [2.45, 2.75) is 50.1 Å². The highest BCUT2D eigenvalue weighted by molar-refractivity contribution is 7.98. The molecule has 2 N–H and O–H groups in total. The molecule has 0 amide bonds. The van der Waals surface area contributed by atoms with E-state index in [1.54, 1.807) is 0 Å². The molecule has 0 saturated carbocycles. The van der Waals surface area contributed by atoms with Gasteiger partial charge >= 0.3 is 0 Å². The Bertz CT molecular complexity index is 806. The number of halogens is 1. The van der Waals surface area contributed by atoms with E-state index >= 15 is 0 Å². The molecule has 0 aliphatic carbocycles. The summed E-state index contributed by atoms with van der Waals surface area (Å²) in [6.45, 7) is 7.86. The largest absolute Gasteiger partial charge is 0.598 e. The maximum absolute atomic E-state index is 12.7. The van der Waals surface area contributed by atoms with Crippen LogP contribution in [-0.2, 0) is 17.8 Å². The van der Waals surface area contributed by atoms with Gasteiger partial charge in [0, 0.05) is 28.1 Å². The number of hydrogen-bond donors (Lipinski definition) is 2.